The fraction of sp³-hybridized carbons (Fsp3) is 0.900. The molecule has 2 atom stereocenters. The molecule has 0 aromatic rings. The van der Waals surface area contributed by atoms with Gasteiger partial charge in [-0.15, -0.1) is 0 Å². The van der Waals surface area contributed by atoms with Crippen LogP contribution in [0, 0.1) is 5.41 Å². The molecule has 1 fully saturated rings. The van der Waals surface area contributed by atoms with Crippen LogP contribution < -0.4 is 10.6 Å². The molecule has 0 spiro atoms. The molecular formula is C10H17F3N2O2. The van der Waals surface area contributed by atoms with E-state index in [1.165, 1.54) is 7.11 Å². The molecule has 0 bridgehead atoms. The van der Waals surface area contributed by atoms with Gasteiger partial charge >= 0.3 is 6.18 Å². The number of hydrogen-bond acceptors (Lipinski definition) is 3. The molecule has 0 aromatic heterocycles. The Kier molecular flexibility index (Phi) is 4.37. The van der Waals surface area contributed by atoms with Crippen LogP contribution in [0.4, 0.5) is 13.2 Å². The van der Waals surface area contributed by atoms with E-state index in [0.717, 1.165) is 0 Å². The summed E-state index contributed by atoms with van der Waals surface area (Å²) >= 11 is 0. The fourth-order valence-electron chi connectivity index (χ4n) is 1.75. The van der Waals surface area contributed by atoms with E-state index in [1.807, 2.05) is 0 Å². The third-order valence-corrected chi connectivity index (χ3v) is 3.09. The topological polar surface area (TPSA) is 50.4 Å². The summed E-state index contributed by atoms with van der Waals surface area (Å²) < 4.78 is 43.7. The Bertz CT molecular complexity index is 275. The van der Waals surface area contributed by atoms with Gasteiger partial charge < -0.3 is 15.4 Å². The van der Waals surface area contributed by atoms with Gasteiger partial charge in [0, 0.05) is 20.2 Å². The molecule has 0 saturated carbocycles. The molecular weight excluding hydrogens is 237 g/mol. The number of nitrogens with one attached hydrogen (secondary N) is 2. The van der Waals surface area contributed by atoms with Gasteiger partial charge in [0.1, 0.15) is 0 Å². The number of halogens is 3. The van der Waals surface area contributed by atoms with Crippen molar-refractivity contribution in [3.05, 3.63) is 0 Å². The van der Waals surface area contributed by atoms with Crippen molar-refractivity contribution in [2.75, 3.05) is 26.7 Å². The Morgan fingerprint density at radius 3 is 2.65 bits per heavy atom. The molecule has 1 aliphatic rings. The number of ether oxygens (including phenoxy) is 1. The van der Waals surface area contributed by atoms with Crippen molar-refractivity contribution in [1.29, 1.82) is 0 Å². The number of carbonyl (C=O) groups excluding carboxylic acids is 1. The van der Waals surface area contributed by atoms with Crippen LogP contribution in [0.2, 0.25) is 0 Å². The lowest BCUT2D eigenvalue weighted by Gasteiger charge is -2.29. The molecule has 1 amide bonds. The monoisotopic (exact) mass is 254 g/mol. The third kappa shape index (κ3) is 2.90. The summed E-state index contributed by atoms with van der Waals surface area (Å²) in [4.78, 5) is 11.7. The normalized spacial score (nSPS) is 26.9. The molecule has 4 nitrogen and oxygen atoms in total. The van der Waals surface area contributed by atoms with Crippen LogP contribution in [0.25, 0.3) is 0 Å². The van der Waals surface area contributed by atoms with Gasteiger partial charge in [-0.05, 0) is 19.9 Å². The maximum absolute atomic E-state index is 12.9. The largest absolute Gasteiger partial charge is 0.404 e. The van der Waals surface area contributed by atoms with Crippen molar-refractivity contribution in [2.45, 2.75) is 25.6 Å². The summed E-state index contributed by atoms with van der Waals surface area (Å²) in [5.41, 5.74) is -2.29. The average Bonchev–Trinajstić information content (AvgIpc) is 2.74. The Morgan fingerprint density at radius 2 is 2.24 bits per heavy atom. The summed E-state index contributed by atoms with van der Waals surface area (Å²) in [7, 11) is 1.44. The molecule has 1 heterocycles. The van der Waals surface area contributed by atoms with Crippen LogP contribution in [0.1, 0.15) is 13.3 Å². The average molecular weight is 254 g/mol. The molecule has 7 heteroatoms. The minimum atomic E-state index is -4.53. The Morgan fingerprint density at radius 1 is 1.59 bits per heavy atom. The van der Waals surface area contributed by atoms with Crippen LogP contribution in [0.15, 0.2) is 0 Å². The summed E-state index contributed by atoms with van der Waals surface area (Å²) in [6.07, 6.45) is -5.06. The van der Waals surface area contributed by atoms with Crippen LogP contribution in [-0.4, -0.2) is 44.9 Å². The molecule has 2 N–H and O–H groups in total. The van der Waals surface area contributed by atoms with Crippen LogP contribution >= 0.6 is 0 Å². The van der Waals surface area contributed by atoms with Gasteiger partial charge in [-0.1, -0.05) is 0 Å². The van der Waals surface area contributed by atoms with E-state index in [2.05, 4.69) is 10.6 Å². The zero-order valence-corrected chi connectivity index (χ0v) is 9.86. The third-order valence-electron chi connectivity index (χ3n) is 3.09. The maximum Gasteiger partial charge on any atom is 0.404 e. The van der Waals surface area contributed by atoms with Gasteiger partial charge in [-0.2, -0.15) is 13.2 Å². The van der Waals surface area contributed by atoms with Crippen molar-refractivity contribution in [1.82, 2.24) is 10.6 Å². The molecule has 1 saturated heterocycles. The first-order valence-corrected chi connectivity index (χ1v) is 5.42. The van der Waals surface area contributed by atoms with Gasteiger partial charge in [-0.25, -0.2) is 0 Å². The predicted molar refractivity (Wildman–Crippen MR) is 55.5 cm³/mol. The summed E-state index contributed by atoms with van der Waals surface area (Å²) in [6, 6.07) is 0. The number of amides is 1. The van der Waals surface area contributed by atoms with Crippen molar-refractivity contribution < 1.29 is 22.7 Å². The van der Waals surface area contributed by atoms with Crippen molar-refractivity contribution >= 4 is 5.91 Å². The van der Waals surface area contributed by atoms with Gasteiger partial charge in [0.15, 0.2) is 5.41 Å². The summed E-state index contributed by atoms with van der Waals surface area (Å²) in [5.74, 6) is -0.973. The number of hydrogen-bond donors (Lipinski definition) is 2. The predicted octanol–water partition coefficient (Wildman–Crippen LogP) is 0.679. The van der Waals surface area contributed by atoms with E-state index in [-0.39, 0.29) is 32.2 Å². The Hall–Kier alpha value is -0.820. The fourth-order valence-corrected chi connectivity index (χ4v) is 1.75. The molecule has 0 aromatic carbocycles. The lowest BCUT2D eigenvalue weighted by Crippen LogP contribution is -2.53. The minimum Gasteiger partial charge on any atom is -0.380 e. The van der Waals surface area contributed by atoms with Crippen LogP contribution in [-0.2, 0) is 9.53 Å². The second-order valence-corrected chi connectivity index (χ2v) is 4.26. The van der Waals surface area contributed by atoms with Gasteiger partial charge in [0.05, 0.1) is 6.10 Å². The van der Waals surface area contributed by atoms with Gasteiger partial charge in [0.2, 0.25) is 5.91 Å². The highest BCUT2D eigenvalue weighted by Gasteiger charge is 2.61. The first-order chi connectivity index (χ1) is 7.83. The van der Waals surface area contributed by atoms with Crippen molar-refractivity contribution in [3.8, 4) is 0 Å². The van der Waals surface area contributed by atoms with E-state index in [9.17, 15) is 18.0 Å². The minimum absolute atomic E-state index is 0.0766. The van der Waals surface area contributed by atoms with Crippen LogP contribution in [0.5, 0.6) is 0 Å². The van der Waals surface area contributed by atoms with E-state index >= 15 is 0 Å². The van der Waals surface area contributed by atoms with Gasteiger partial charge in [0.25, 0.3) is 0 Å². The van der Waals surface area contributed by atoms with Crippen LogP contribution in [0.3, 0.4) is 0 Å². The van der Waals surface area contributed by atoms with Gasteiger partial charge in [-0.3, -0.25) is 4.79 Å². The molecule has 1 rings (SSSR count). The van der Waals surface area contributed by atoms with E-state index in [1.54, 1.807) is 6.92 Å². The number of rotatable bonds is 4. The lowest BCUT2D eigenvalue weighted by atomic mass is 9.85. The number of alkyl halides is 3. The highest BCUT2D eigenvalue weighted by molar-refractivity contribution is 5.84. The maximum atomic E-state index is 12.9. The molecule has 0 radical (unpaired) electrons. The lowest BCUT2D eigenvalue weighted by molar-refractivity contribution is -0.216. The quantitative estimate of drug-likeness (QED) is 0.775. The highest BCUT2D eigenvalue weighted by Crippen LogP contribution is 2.43. The molecule has 1 aliphatic heterocycles. The smallest absolute Gasteiger partial charge is 0.380 e. The highest BCUT2D eigenvalue weighted by atomic mass is 19.4. The Balaban J connectivity index is 2.69. The first-order valence-electron chi connectivity index (χ1n) is 5.42. The first kappa shape index (κ1) is 14.2. The molecule has 17 heavy (non-hydrogen) atoms. The SMILES string of the molecule is COC(C)CNC(=O)C1(C(F)(F)F)CCNC1. The van der Waals surface area contributed by atoms with E-state index < -0.39 is 17.5 Å². The van der Waals surface area contributed by atoms with E-state index in [4.69, 9.17) is 4.74 Å². The zero-order chi connectivity index (χ0) is 13.1. The van der Waals surface area contributed by atoms with Crippen molar-refractivity contribution in [3.63, 3.8) is 0 Å². The number of carbonyl (C=O) groups is 1. The van der Waals surface area contributed by atoms with Crippen molar-refractivity contribution in [2.24, 2.45) is 5.41 Å². The standard InChI is InChI=1S/C10H17F3N2O2/c1-7(17-2)5-15-8(16)9(10(11,12)13)3-4-14-6-9/h7,14H,3-6H2,1-2H3,(H,15,16). The second-order valence-electron chi connectivity index (χ2n) is 4.26. The summed E-state index contributed by atoms with van der Waals surface area (Å²) in [6.45, 7) is 1.59. The number of methoxy groups -OCH3 is 1. The molecule has 0 aliphatic carbocycles. The second kappa shape index (κ2) is 5.22. The molecule has 100 valence electrons. The zero-order valence-electron chi connectivity index (χ0n) is 9.86. The summed E-state index contributed by atoms with van der Waals surface area (Å²) in [5, 5.41) is 4.89. The molecule has 2 unspecified atom stereocenters. The Labute approximate surface area is 97.9 Å². The van der Waals surface area contributed by atoms with E-state index in [0.29, 0.717) is 0 Å².